The minimum Gasteiger partial charge on any atom is -0.497 e. The number of aromatic carboxylic acids is 2. The van der Waals surface area contributed by atoms with Crippen molar-refractivity contribution in [3.8, 4) is 11.5 Å². The summed E-state index contributed by atoms with van der Waals surface area (Å²) in [4.78, 5) is 20.9. The van der Waals surface area contributed by atoms with Gasteiger partial charge in [-0.05, 0) is 36.4 Å². The second-order valence-corrected chi connectivity index (χ2v) is 4.04. The molecule has 0 saturated carbocycles. The molecule has 0 aliphatic heterocycles. The van der Waals surface area contributed by atoms with Crippen molar-refractivity contribution in [1.82, 2.24) is 0 Å². The first-order chi connectivity index (χ1) is 10.5. The van der Waals surface area contributed by atoms with Crippen molar-refractivity contribution in [2.75, 3.05) is 14.2 Å². The van der Waals surface area contributed by atoms with Gasteiger partial charge in [0.25, 0.3) is 0 Å². The summed E-state index contributed by atoms with van der Waals surface area (Å²) in [5.41, 5.74) is 0.459. The second kappa shape index (κ2) is 8.31. The van der Waals surface area contributed by atoms with Crippen LogP contribution in [0.3, 0.4) is 0 Å². The molecule has 0 fully saturated rings. The molecule has 2 rings (SSSR count). The summed E-state index contributed by atoms with van der Waals surface area (Å²) in [5, 5.41) is 17.1. The van der Waals surface area contributed by atoms with Crippen LogP contribution in [0.5, 0.6) is 11.5 Å². The monoisotopic (exact) mass is 304 g/mol. The zero-order chi connectivity index (χ0) is 16.5. The molecule has 0 aromatic heterocycles. The van der Waals surface area contributed by atoms with Crippen LogP contribution in [0.4, 0.5) is 0 Å². The Labute approximate surface area is 127 Å². The number of ether oxygens (including phenoxy) is 2. The molecule has 0 saturated heterocycles. The summed E-state index contributed by atoms with van der Waals surface area (Å²) in [5.74, 6) is -0.842. The van der Waals surface area contributed by atoms with Gasteiger partial charge in [-0.3, -0.25) is 0 Å². The van der Waals surface area contributed by atoms with E-state index in [4.69, 9.17) is 19.7 Å². The molecule has 0 spiro atoms. The third kappa shape index (κ3) is 4.82. The SMILES string of the molecule is COc1ccc(C(=O)O)cc1.COc1ccccc1C(=O)O. The molecule has 0 amide bonds. The second-order valence-electron chi connectivity index (χ2n) is 4.04. The van der Waals surface area contributed by atoms with Gasteiger partial charge in [0.1, 0.15) is 17.1 Å². The van der Waals surface area contributed by atoms with E-state index in [0.717, 1.165) is 0 Å². The Bertz CT molecular complexity index is 633. The molecule has 0 bridgehead atoms. The third-order valence-electron chi connectivity index (χ3n) is 2.67. The molecule has 2 N–H and O–H groups in total. The Balaban J connectivity index is 0.000000220. The summed E-state index contributed by atoms with van der Waals surface area (Å²) in [7, 11) is 2.98. The van der Waals surface area contributed by atoms with E-state index in [-0.39, 0.29) is 11.1 Å². The Morgan fingerprint density at radius 1 is 0.818 bits per heavy atom. The molecular formula is C16H16O6. The highest BCUT2D eigenvalue weighted by Crippen LogP contribution is 2.16. The predicted molar refractivity (Wildman–Crippen MR) is 79.9 cm³/mol. The highest BCUT2D eigenvalue weighted by Gasteiger charge is 2.07. The summed E-state index contributed by atoms with van der Waals surface area (Å²) >= 11 is 0. The van der Waals surface area contributed by atoms with Crippen molar-refractivity contribution in [2.24, 2.45) is 0 Å². The standard InChI is InChI=1S/2C8H8O3/c1-11-7-4-2-6(3-5-7)8(9)10;1-11-7-5-3-2-4-6(7)8(9)10/h2*2-5H,1H3,(H,9,10). The third-order valence-corrected chi connectivity index (χ3v) is 2.67. The predicted octanol–water partition coefficient (Wildman–Crippen LogP) is 2.79. The quantitative estimate of drug-likeness (QED) is 0.902. The molecule has 2 aromatic rings. The van der Waals surface area contributed by atoms with Crippen molar-refractivity contribution >= 4 is 11.9 Å². The van der Waals surface area contributed by atoms with E-state index in [1.54, 1.807) is 30.3 Å². The maximum atomic E-state index is 10.5. The molecule has 0 aliphatic carbocycles. The normalized spacial score (nSPS) is 9.18. The van der Waals surface area contributed by atoms with Gasteiger partial charge in [0, 0.05) is 0 Å². The molecule has 6 nitrogen and oxygen atoms in total. The molecule has 22 heavy (non-hydrogen) atoms. The fraction of sp³-hybridized carbons (Fsp3) is 0.125. The summed E-state index contributed by atoms with van der Waals surface area (Å²) in [6, 6.07) is 12.7. The average Bonchev–Trinajstić information content (AvgIpc) is 2.55. The van der Waals surface area contributed by atoms with Crippen molar-refractivity contribution in [1.29, 1.82) is 0 Å². The van der Waals surface area contributed by atoms with Crippen molar-refractivity contribution in [3.63, 3.8) is 0 Å². The average molecular weight is 304 g/mol. The van der Waals surface area contributed by atoms with Gasteiger partial charge in [-0.25, -0.2) is 9.59 Å². The molecule has 0 aliphatic rings. The van der Waals surface area contributed by atoms with Gasteiger partial charge in [0.15, 0.2) is 0 Å². The van der Waals surface area contributed by atoms with Crippen LogP contribution in [0, 0.1) is 0 Å². The van der Waals surface area contributed by atoms with Crippen LogP contribution in [-0.2, 0) is 0 Å². The maximum Gasteiger partial charge on any atom is 0.339 e. The molecule has 0 atom stereocenters. The Kier molecular flexibility index (Phi) is 6.43. The summed E-state index contributed by atoms with van der Waals surface area (Å²) < 4.78 is 9.68. The fourth-order valence-corrected chi connectivity index (χ4v) is 1.55. The van der Waals surface area contributed by atoms with E-state index < -0.39 is 11.9 Å². The molecule has 2 aromatic carbocycles. The Hall–Kier alpha value is -3.02. The Morgan fingerprint density at radius 3 is 1.82 bits per heavy atom. The van der Waals surface area contributed by atoms with Crippen LogP contribution >= 0.6 is 0 Å². The molecule has 0 radical (unpaired) electrons. The van der Waals surface area contributed by atoms with Crippen molar-refractivity contribution < 1.29 is 29.3 Å². The molecular weight excluding hydrogens is 288 g/mol. The van der Waals surface area contributed by atoms with Gasteiger partial charge in [-0.15, -0.1) is 0 Å². The zero-order valence-corrected chi connectivity index (χ0v) is 12.1. The first-order valence-electron chi connectivity index (χ1n) is 6.23. The van der Waals surface area contributed by atoms with Gasteiger partial charge in [0.05, 0.1) is 19.8 Å². The molecule has 0 heterocycles. The zero-order valence-electron chi connectivity index (χ0n) is 12.1. The molecule has 116 valence electrons. The minimum atomic E-state index is -0.970. The van der Waals surface area contributed by atoms with E-state index >= 15 is 0 Å². The highest BCUT2D eigenvalue weighted by molar-refractivity contribution is 5.90. The molecule has 6 heteroatoms. The smallest absolute Gasteiger partial charge is 0.339 e. The topological polar surface area (TPSA) is 93.1 Å². The van der Waals surface area contributed by atoms with Gasteiger partial charge >= 0.3 is 11.9 Å². The number of para-hydroxylation sites is 1. The first-order valence-corrected chi connectivity index (χ1v) is 6.23. The highest BCUT2D eigenvalue weighted by atomic mass is 16.5. The number of hydrogen-bond acceptors (Lipinski definition) is 4. The van der Waals surface area contributed by atoms with Gasteiger partial charge in [0.2, 0.25) is 0 Å². The van der Waals surface area contributed by atoms with E-state index in [1.165, 1.54) is 32.4 Å². The van der Waals surface area contributed by atoms with E-state index in [2.05, 4.69) is 0 Å². The summed E-state index contributed by atoms with van der Waals surface area (Å²) in [6.45, 7) is 0. The number of benzene rings is 2. The largest absolute Gasteiger partial charge is 0.497 e. The number of carboxylic acid groups (broad SMARTS) is 2. The lowest BCUT2D eigenvalue weighted by atomic mass is 10.2. The number of methoxy groups -OCH3 is 2. The van der Waals surface area contributed by atoms with Crippen LogP contribution in [0.25, 0.3) is 0 Å². The number of carboxylic acids is 2. The van der Waals surface area contributed by atoms with Gasteiger partial charge < -0.3 is 19.7 Å². The van der Waals surface area contributed by atoms with Crippen LogP contribution in [-0.4, -0.2) is 36.4 Å². The first kappa shape index (κ1) is 17.0. The minimum absolute atomic E-state index is 0.190. The summed E-state index contributed by atoms with van der Waals surface area (Å²) in [6.07, 6.45) is 0. The lowest BCUT2D eigenvalue weighted by Crippen LogP contribution is -1.99. The lowest BCUT2D eigenvalue weighted by Gasteiger charge is -2.01. The van der Waals surface area contributed by atoms with Crippen LogP contribution in [0.15, 0.2) is 48.5 Å². The lowest BCUT2D eigenvalue weighted by molar-refractivity contribution is 0.0684. The van der Waals surface area contributed by atoms with Gasteiger partial charge in [-0.1, -0.05) is 12.1 Å². The fourth-order valence-electron chi connectivity index (χ4n) is 1.55. The number of carbonyl (C=O) groups is 2. The van der Waals surface area contributed by atoms with Crippen molar-refractivity contribution in [3.05, 3.63) is 59.7 Å². The Morgan fingerprint density at radius 2 is 1.41 bits per heavy atom. The van der Waals surface area contributed by atoms with E-state index in [1.807, 2.05) is 0 Å². The number of rotatable bonds is 4. The number of hydrogen-bond donors (Lipinski definition) is 2. The van der Waals surface area contributed by atoms with Crippen LogP contribution in [0.2, 0.25) is 0 Å². The van der Waals surface area contributed by atoms with E-state index in [0.29, 0.717) is 11.5 Å². The van der Waals surface area contributed by atoms with E-state index in [9.17, 15) is 9.59 Å². The van der Waals surface area contributed by atoms with Crippen LogP contribution in [0.1, 0.15) is 20.7 Å². The van der Waals surface area contributed by atoms with Crippen LogP contribution < -0.4 is 9.47 Å². The van der Waals surface area contributed by atoms with Crippen molar-refractivity contribution in [2.45, 2.75) is 0 Å². The maximum absolute atomic E-state index is 10.5. The van der Waals surface area contributed by atoms with Gasteiger partial charge in [-0.2, -0.15) is 0 Å². The molecule has 0 unspecified atom stereocenters.